The first-order chi connectivity index (χ1) is 9.08. The molecular weight excluding hydrogens is 362 g/mol. The Kier molecular flexibility index (Phi) is 6.10. The van der Waals surface area contributed by atoms with Crippen molar-refractivity contribution in [3.63, 3.8) is 0 Å². The summed E-state index contributed by atoms with van der Waals surface area (Å²) in [4.78, 5) is 12.6. The minimum atomic E-state index is -1.28. The lowest BCUT2D eigenvalue weighted by Gasteiger charge is -2.33. The normalized spacial score (nSPS) is 16.6. The number of esters is 1. The Labute approximate surface area is 135 Å². The van der Waals surface area contributed by atoms with Gasteiger partial charge in [-0.05, 0) is 49.7 Å². The summed E-state index contributed by atoms with van der Waals surface area (Å²) in [6.07, 6.45) is 0.123. The van der Waals surface area contributed by atoms with Crippen molar-refractivity contribution in [1.29, 1.82) is 0 Å². The molecule has 0 bridgehead atoms. The van der Waals surface area contributed by atoms with E-state index in [4.69, 9.17) is 4.74 Å². The number of thiophene rings is 1. The third kappa shape index (κ3) is 4.73. The minimum Gasteiger partial charge on any atom is -0.598 e. The van der Waals surface area contributed by atoms with Crippen molar-refractivity contribution in [1.82, 2.24) is 4.72 Å². The summed E-state index contributed by atoms with van der Waals surface area (Å²) in [6.45, 7) is 7.53. The van der Waals surface area contributed by atoms with E-state index in [1.165, 1.54) is 18.4 Å². The minimum absolute atomic E-state index is 0.123. The first kappa shape index (κ1) is 18.0. The maximum absolute atomic E-state index is 12.4. The van der Waals surface area contributed by atoms with Crippen molar-refractivity contribution < 1.29 is 14.1 Å². The number of ether oxygens (including phenoxy) is 1. The van der Waals surface area contributed by atoms with Gasteiger partial charge >= 0.3 is 5.97 Å². The Morgan fingerprint density at radius 1 is 1.50 bits per heavy atom. The van der Waals surface area contributed by atoms with Crippen molar-refractivity contribution in [3.8, 4) is 0 Å². The number of hydrogen-bond acceptors (Lipinski definition) is 5. The van der Waals surface area contributed by atoms with Gasteiger partial charge in [-0.2, -0.15) is 0 Å². The van der Waals surface area contributed by atoms with Crippen LogP contribution in [-0.4, -0.2) is 22.4 Å². The number of nitrogens with one attached hydrogen (secondary N) is 1. The molecule has 1 rings (SSSR count). The first-order valence-electron chi connectivity index (χ1n) is 6.09. The van der Waals surface area contributed by atoms with Gasteiger partial charge in [-0.25, -0.2) is 0 Å². The molecule has 1 N–H and O–H groups in total. The van der Waals surface area contributed by atoms with Gasteiger partial charge in [0.2, 0.25) is 0 Å². The third-order valence-corrected chi connectivity index (χ3v) is 6.41. The lowest BCUT2D eigenvalue weighted by Crippen LogP contribution is -2.50. The van der Waals surface area contributed by atoms with Crippen molar-refractivity contribution in [2.75, 3.05) is 7.11 Å². The predicted molar refractivity (Wildman–Crippen MR) is 87.0 cm³/mol. The fraction of sp³-hybridized carbons (Fsp3) is 0.615. The van der Waals surface area contributed by atoms with Crippen molar-refractivity contribution >= 4 is 44.6 Å². The van der Waals surface area contributed by atoms with E-state index in [2.05, 4.69) is 20.7 Å². The van der Waals surface area contributed by atoms with Crippen LogP contribution in [0.1, 0.15) is 39.0 Å². The van der Waals surface area contributed by atoms with Crippen LogP contribution in [0, 0.1) is 0 Å². The van der Waals surface area contributed by atoms with Crippen LogP contribution in [0.15, 0.2) is 15.9 Å². The number of rotatable bonds is 5. The maximum Gasteiger partial charge on any atom is 0.307 e. The van der Waals surface area contributed by atoms with Crippen molar-refractivity contribution in [2.24, 2.45) is 0 Å². The fourth-order valence-electron chi connectivity index (χ4n) is 1.49. The zero-order valence-electron chi connectivity index (χ0n) is 12.3. The topological polar surface area (TPSA) is 61.4 Å². The molecule has 0 aliphatic heterocycles. The van der Waals surface area contributed by atoms with Crippen LogP contribution in [0.5, 0.6) is 0 Å². The lowest BCUT2D eigenvalue weighted by molar-refractivity contribution is -0.142. The summed E-state index contributed by atoms with van der Waals surface area (Å²) in [5.41, 5.74) is -0.720. The summed E-state index contributed by atoms with van der Waals surface area (Å²) < 4.78 is 20.7. The molecule has 1 heterocycles. The number of carbonyl (C=O) groups is 1. The van der Waals surface area contributed by atoms with Crippen LogP contribution >= 0.6 is 27.3 Å². The Morgan fingerprint density at radius 3 is 2.50 bits per heavy atom. The Bertz CT molecular complexity index is 472. The van der Waals surface area contributed by atoms with E-state index in [9.17, 15) is 9.35 Å². The first-order valence-corrected chi connectivity index (χ1v) is 8.92. The average Bonchev–Trinajstić information content (AvgIpc) is 2.75. The SMILES string of the molecule is COC(=O)C[C@](C)(N[S@+]([O-])C(C)(C)C)c1cc(Br)cs1. The summed E-state index contributed by atoms with van der Waals surface area (Å²) in [5, 5.41) is 1.94. The molecule has 0 saturated heterocycles. The van der Waals surface area contributed by atoms with Crippen LogP contribution < -0.4 is 4.72 Å². The molecule has 20 heavy (non-hydrogen) atoms. The summed E-state index contributed by atoms with van der Waals surface area (Å²) in [5.74, 6) is -0.338. The molecule has 0 fully saturated rings. The smallest absolute Gasteiger partial charge is 0.307 e. The molecule has 7 heteroatoms. The van der Waals surface area contributed by atoms with E-state index in [1.54, 1.807) is 0 Å². The second-order valence-corrected chi connectivity index (χ2v) is 9.49. The van der Waals surface area contributed by atoms with E-state index in [0.717, 1.165) is 9.35 Å². The molecule has 0 amide bonds. The average molecular weight is 382 g/mol. The number of halogens is 1. The molecule has 4 nitrogen and oxygen atoms in total. The molecule has 0 aromatic carbocycles. The van der Waals surface area contributed by atoms with Gasteiger partial charge in [0.25, 0.3) is 0 Å². The second-order valence-electron chi connectivity index (χ2n) is 5.70. The van der Waals surface area contributed by atoms with E-state index in [0.29, 0.717) is 0 Å². The monoisotopic (exact) mass is 381 g/mol. The molecule has 0 saturated carbocycles. The third-order valence-electron chi connectivity index (χ3n) is 2.71. The van der Waals surface area contributed by atoms with Crippen LogP contribution in [0.4, 0.5) is 0 Å². The van der Waals surface area contributed by atoms with Crippen molar-refractivity contribution in [2.45, 2.75) is 44.4 Å². The fourth-order valence-corrected chi connectivity index (χ4v) is 4.00. The summed E-state index contributed by atoms with van der Waals surface area (Å²) in [7, 11) is 1.35. The number of carbonyl (C=O) groups excluding carboxylic acids is 1. The maximum atomic E-state index is 12.4. The van der Waals surface area contributed by atoms with Gasteiger partial charge in [0.05, 0.1) is 13.5 Å². The molecular formula is C13H20BrNO3S2. The molecule has 0 aliphatic rings. The van der Waals surface area contributed by atoms with Gasteiger partial charge in [-0.3, -0.25) is 4.79 Å². The highest BCUT2D eigenvalue weighted by Gasteiger charge is 2.40. The van der Waals surface area contributed by atoms with E-state index >= 15 is 0 Å². The Morgan fingerprint density at radius 2 is 2.10 bits per heavy atom. The molecule has 0 aliphatic carbocycles. The highest BCUT2D eigenvalue weighted by Crippen LogP contribution is 2.34. The molecule has 114 valence electrons. The zero-order valence-corrected chi connectivity index (χ0v) is 15.5. The van der Waals surface area contributed by atoms with Gasteiger partial charge in [0.1, 0.15) is 10.3 Å². The Hall–Kier alpha value is -0.0800. The van der Waals surface area contributed by atoms with Gasteiger partial charge in [-0.1, -0.05) is 0 Å². The van der Waals surface area contributed by atoms with E-state index < -0.39 is 21.6 Å². The van der Waals surface area contributed by atoms with Crippen LogP contribution in [0.25, 0.3) is 0 Å². The molecule has 1 aromatic rings. The highest BCUT2D eigenvalue weighted by molar-refractivity contribution is 9.10. The Balaban J connectivity index is 3.04. The van der Waals surface area contributed by atoms with E-state index in [-0.39, 0.29) is 12.4 Å². The second kappa shape index (κ2) is 6.79. The van der Waals surface area contributed by atoms with Gasteiger partial charge in [0.15, 0.2) is 0 Å². The van der Waals surface area contributed by atoms with E-state index in [1.807, 2.05) is 39.1 Å². The molecule has 2 atom stereocenters. The quantitative estimate of drug-likeness (QED) is 0.627. The predicted octanol–water partition coefficient (Wildman–Crippen LogP) is 3.34. The van der Waals surface area contributed by atoms with Crippen LogP contribution in [0.2, 0.25) is 0 Å². The van der Waals surface area contributed by atoms with Crippen molar-refractivity contribution in [3.05, 3.63) is 20.8 Å². The van der Waals surface area contributed by atoms with Gasteiger partial charge < -0.3 is 9.29 Å². The van der Waals surface area contributed by atoms with Crippen LogP contribution in [-0.2, 0) is 26.4 Å². The number of methoxy groups -OCH3 is 1. The lowest BCUT2D eigenvalue weighted by atomic mass is 9.97. The number of hydrogen-bond donors (Lipinski definition) is 1. The van der Waals surface area contributed by atoms with Gasteiger partial charge in [-0.15, -0.1) is 16.1 Å². The van der Waals surface area contributed by atoms with Crippen LogP contribution in [0.3, 0.4) is 0 Å². The molecule has 1 aromatic heterocycles. The molecule has 0 unspecified atom stereocenters. The zero-order chi connectivity index (χ0) is 15.6. The van der Waals surface area contributed by atoms with Gasteiger partial charge in [0, 0.05) is 26.1 Å². The largest absolute Gasteiger partial charge is 0.598 e. The summed E-state index contributed by atoms with van der Waals surface area (Å²) >= 11 is 3.63. The highest BCUT2D eigenvalue weighted by atomic mass is 79.9. The molecule has 0 radical (unpaired) electrons. The summed E-state index contributed by atoms with van der Waals surface area (Å²) in [6, 6.07) is 1.93. The molecule has 0 spiro atoms. The standard InChI is InChI=1S/C13H20BrNO3S2/c1-12(2,3)20(17)15-13(4,7-11(16)18-5)10-6-9(14)8-19-10/h6,8,15H,7H2,1-5H3/t13-,20+/m0/s1.